The van der Waals surface area contributed by atoms with E-state index in [9.17, 15) is 0 Å². The Morgan fingerprint density at radius 2 is 2.07 bits per heavy atom. The summed E-state index contributed by atoms with van der Waals surface area (Å²) in [6.07, 6.45) is 1.93. The summed E-state index contributed by atoms with van der Waals surface area (Å²) < 4.78 is 5.08. The molecule has 15 heavy (non-hydrogen) atoms. The minimum atomic E-state index is 0.765. The summed E-state index contributed by atoms with van der Waals surface area (Å²) in [4.78, 5) is 2.31. The normalized spacial score (nSPS) is 10.5. The molecule has 0 heterocycles. The van der Waals surface area contributed by atoms with Crippen LogP contribution in [0.2, 0.25) is 0 Å². The van der Waals surface area contributed by atoms with Crippen molar-refractivity contribution in [1.29, 1.82) is 0 Å². The summed E-state index contributed by atoms with van der Waals surface area (Å²) >= 11 is 0. The molecule has 0 radical (unpaired) electrons. The lowest BCUT2D eigenvalue weighted by atomic mass is 10.2. The van der Waals surface area contributed by atoms with Crippen LogP contribution < -0.4 is 0 Å². The molecule has 0 aliphatic carbocycles. The van der Waals surface area contributed by atoms with Crippen molar-refractivity contribution >= 4 is 0 Å². The molecule has 0 aliphatic heterocycles. The van der Waals surface area contributed by atoms with Crippen LogP contribution in [0, 0.1) is 0 Å². The molecular weight excluding hydrogens is 186 g/mol. The van der Waals surface area contributed by atoms with Gasteiger partial charge in [-0.2, -0.15) is 0 Å². The summed E-state index contributed by atoms with van der Waals surface area (Å²) in [5, 5.41) is 0. The zero-order chi connectivity index (χ0) is 10.9. The topological polar surface area (TPSA) is 12.5 Å². The molecule has 0 N–H and O–H groups in total. The number of methoxy groups -OCH3 is 1. The molecule has 82 valence electrons. The first kappa shape index (κ1) is 12.0. The molecule has 0 spiro atoms. The van der Waals surface area contributed by atoms with Crippen molar-refractivity contribution in [2.45, 2.75) is 6.54 Å². The lowest BCUT2D eigenvalue weighted by Crippen LogP contribution is -2.27. The van der Waals surface area contributed by atoms with Crippen LogP contribution in [0.4, 0.5) is 0 Å². The van der Waals surface area contributed by atoms with Gasteiger partial charge in [0.25, 0.3) is 0 Å². The first-order valence-electron chi connectivity index (χ1n) is 5.23. The fourth-order valence-electron chi connectivity index (χ4n) is 1.48. The molecule has 0 saturated heterocycles. The van der Waals surface area contributed by atoms with Crippen molar-refractivity contribution in [2.75, 3.05) is 26.8 Å². The fraction of sp³-hybridized carbons (Fsp3) is 0.385. The van der Waals surface area contributed by atoms with Gasteiger partial charge in [-0.05, 0) is 5.56 Å². The molecule has 2 heteroatoms. The van der Waals surface area contributed by atoms with Gasteiger partial charge in [-0.3, -0.25) is 4.90 Å². The van der Waals surface area contributed by atoms with Gasteiger partial charge in [0.1, 0.15) is 0 Å². The van der Waals surface area contributed by atoms with Gasteiger partial charge in [0.2, 0.25) is 0 Å². The van der Waals surface area contributed by atoms with E-state index < -0.39 is 0 Å². The van der Waals surface area contributed by atoms with Crippen LogP contribution in [-0.4, -0.2) is 31.7 Å². The van der Waals surface area contributed by atoms with Crippen molar-refractivity contribution in [3.8, 4) is 0 Å². The van der Waals surface area contributed by atoms with Crippen molar-refractivity contribution in [2.24, 2.45) is 0 Å². The van der Waals surface area contributed by atoms with Crippen molar-refractivity contribution in [3.05, 3.63) is 48.6 Å². The molecule has 1 aromatic carbocycles. The Bertz CT molecular complexity index is 271. The highest BCUT2D eigenvalue weighted by atomic mass is 16.5. The van der Waals surface area contributed by atoms with Gasteiger partial charge < -0.3 is 4.74 Å². The summed E-state index contributed by atoms with van der Waals surface area (Å²) in [5.41, 5.74) is 1.33. The highest BCUT2D eigenvalue weighted by molar-refractivity contribution is 5.14. The third kappa shape index (κ3) is 4.77. The second kappa shape index (κ2) is 7.21. The smallest absolute Gasteiger partial charge is 0.0589 e. The van der Waals surface area contributed by atoms with E-state index in [4.69, 9.17) is 4.74 Å². The predicted molar refractivity (Wildman–Crippen MR) is 63.8 cm³/mol. The van der Waals surface area contributed by atoms with Gasteiger partial charge in [0.15, 0.2) is 0 Å². The molecule has 1 aromatic rings. The Morgan fingerprint density at radius 3 is 2.67 bits per heavy atom. The van der Waals surface area contributed by atoms with E-state index in [2.05, 4.69) is 35.7 Å². The molecule has 0 bridgehead atoms. The van der Waals surface area contributed by atoms with E-state index in [1.54, 1.807) is 7.11 Å². The van der Waals surface area contributed by atoms with Crippen LogP contribution in [0.25, 0.3) is 0 Å². The average Bonchev–Trinajstić information content (AvgIpc) is 2.28. The number of rotatable bonds is 7. The molecule has 0 atom stereocenters. The van der Waals surface area contributed by atoms with Crippen LogP contribution in [-0.2, 0) is 11.3 Å². The van der Waals surface area contributed by atoms with Gasteiger partial charge in [-0.1, -0.05) is 36.4 Å². The molecule has 0 unspecified atom stereocenters. The van der Waals surface area contributed by atoms with E-state index in [0.29, 0.717) is 0 Å². The first-order valence-corrected chi connectivity index (χ1v) is 5.23. The Hall–Kier alpha value is -1.12. The maximum Gasteiger partial charge on any atom is 0.0589 e. The van der Waals surface area contributed by atoms with Crippen LogP contribution in [0.3, 0.4) is 0 Å². The second-order valence-corrected chi connectivity index (χ2v) is 3.50. The number of hydrogen-bond donors (Lipinski definition) is 0. The third-order valence-corrected chi connectivity index (χ3v) is 2.25. The van der Waals surface area contributed by atoms with E-state index in [0.717, 1.165) is 26.2 Å². The zero-order valence-electron chi connectivity index (χ0n) is 9.36. The predicted octanol–water partition coefficient (Wildman–Crippen LogP) is 2.32. The number of ether oxygens (including phenoxy) is 1. The highest BCUT2D eigenvalue weighted by Gasteiger charge is 2.02. The maximum absolute atomic E-state index is 5.08. The van der Waals surface area contributed by atoms with E-state index in [1.807, 2.05) is 12.1 Å². The second-order valence-electron chi connectivity index (χ2n) is 3.50. The van der Waals surface area contributed by atoms with E-state index in [1.165, 1.54) is 5.56 Å². The van der Waals surface area contributed by atoms with Crippen molar-refractivity contribution < 1.29 is 4.74 Å². The molecule has 0 aliphatic rings. The first-order chi connectivity index (χ1) is 7.36. The molecule has 2 nitrogen and oxygen atoms in total. The quantitative estimate of drug-likeness (QED) is 0.633. The molecule has 0 saturated carbocycles. The fourth-order valence-corrected chi connectivity index (χ4v) is 1.48. The van der Waals surface area contributed by atoms with Crippen LogP contribution in [0.1, 0.15) is 5.56 Å². The number of nitrogens with zero attached hydrogens (tertiary/aromatic N) is 1. The standard InChI is InChI=1S/C13H19NO/c1-3-9-14(10-11-15-2)12-13-7-5-4-6-8-13/h3-8H,1,9-12H2,2H3. The van der Waals surface area contributed by atoms with Crippen molar-refractivity contribution in [3.63, 3.8) is 0 Å². The summed E-state index contributed by atoms with van der Waals surface area (Å²) in [7, 11) is 1.73. The van der Waals surface area contributed by atoms with E-state index >= 15 is 0 Å². The third-order valence-electron chi connectivity index (χ3n) is 2.25. The SMILES string of the molecule is C=CCN(CCOC)Cc1ccccc1. The van der Waals surface area contributed by atoms with Gasteiger partial charge in [-0.15, -0.1) is 6.58 Å². The van der Waals surface area contributed by atoms with Crippen LogP contribution >= 0.6 is 0 Å². The zero-order valence-corrected chi connectivity index (χ0v) is 9.36. The summed E-state index contributed by atoms with van der Waals surface area (Å²) in [5.74, 6) is 0. The molecule has 0 amide bonds. The number of benzene rings is 1. The Morgan fingerprint density at radius 1 is 1.33 bits per heavy atom. The van der Waals surface area contributed by atoms with Gasteiger partial charge in [-0.25, -0.2) is 0 Å². The average molecular weight is 205 g/mol. The van der Waals surface area contributed by atoms with Crippen LogP contribution in [0.15, 0.2) is 43.0 Å². The summed E-state index contributed by atoms with van der Waals surface area (Å²) in [6.45, 7) is 7.33. The van der Waals surface area contributed by atoms with Crippen molar-refractivity contribution in [1.82, 2.24) is 4.90 Å². The highest BCUT2D eigenvalue weighted by Crippen LogP contribution is 2.03. The lowest BCUT2D eigenvalue weighted by molar-refractivity contribution is 0.151. The molecule has 0 aromatic heterocycles. The Kier molecular flexibility index (Phi) is 5.74. The van der Waals surface area contributed by atoms with Gasteiger partial charge in [0, 0.05) is 26.7 Å². The minimum Gasteiger partial charge on any atom is -0.383 e. The molecule has 0 fully saturated rings. The minimum absolute atomic E-state index is 0.765. The maximum atomic E-state index is 5.08. The lowest BCUT2D eigenvalue weighted by Gasteiger charge is -2.20. The summed E-state index contributed by atoms with van der Waals surface area (Å²) in [6, 6.07) is 10.5. The largest absolute Gasteiger partial charge is 0.383 e. The van der Waals surface area contributed by atoms with Gasteiger partial charge in [0.05, 0.1) is 6.61 Å². The number of hydrogen-bond acceptors (Lipinski definition) is 2. The van der Waals surface area contributed by atoms with Crippen LogP contribution in [0.5, 0.6) is 0 Å². The molecular formula is C13H19NO. The Balaban J connectivity index is 2.46. The molecule has 1 rings (SSSR count). The Labute approximate surface area is 92.2 Å². The van der Waals surface area contributed by atoms with Gasteiger partial charge >= 0.3 is 0 Å². The van der Waals surface area contributed by atoms with E-state index in [-0.39, 0.29) is 0 Å². The monoisotopic (exact) mass is 205 g/mol.